The molecule has 12 heteroatoms. The number of thiophene rings is 2. The van der Waals surface area contributed by atoms with Gasteiger partial charge in [0.1, 0.15) is 58.4 Å². The van der Waals surface area contributed by atoms with Crippen molar-refractivity contribution in [3.05, 3.63) is 191 Å². The smallest absolute Gasteiger partial charge is 0.139 e. The van der Waals surface area contributed by atoms with Gasteiger partial charge < -0.3 is 28.7 Å². The molecule has 6 aromatic carbocycles. The van der Waals surface area contributed by atoms with Gasteiger partial charge in [0.25, 0.3) is 0 Å². The lowest BCUT2D eigenvalue weighted by Gasteiger charge is -2.26. The minimum atomic E-state index is -0.210. The first-order valence-electron chi connectivity index (χ1n) is 21.0. The minimum Gasteiger partial charge on any atom is -0.497 e. The van der Waals surface area contributed by atoms with Crippen molar-refractivity contribution in [2.75, 3.05) is 38.2 Å². The second-order valence-electron chi connectivity index (χ2n) is 14.8. The topological polar surface area (TPSA) is 139 Å². The molecule has 0 amide bonds. The van der Waals surface area contributed by atoms with E-state index < -0.39 is 0 Å². The van der Waals surface area contributed by atoms with Crippen LogP contribution in [0.5, 0.6) is 23.0 Å². The summed E-state index contributed by atoms with van der Waals surface area (Å²) in [5.41, 5.74) is 7.36. The zero-order chi connectivity index (χ0) is 47.6. The standard InChI is InChI=1S/C56H40N6O4S2/c1-63-47-21-13-43(14-22-47)61(44-15-23-48(64-2)24-16-44)41-9-5-37(6-10-41)51-29-31-53(67-51)55(39(33-57)34-58)56(40(35-59)36-60)54-32-30-52(68-54)38-7-11-42(12-8-38)62(45-17-25-49(65-3)26-18-45)46-19-27-50(66-4)28-20-46/h5-32H,1-4H3. The van der Waals surface area contributed by atoms with Gasteiger partial charge in [0.15, 0.2) is 0 Å². The van der Waals surface area contributed by atoms with Gasteiger partial charge in [-0.3, -0.25) is 0 Å². The van der Waals surface area contributed by atoms with Crippen LogP contribution in [-0.2, 0) is 0 Å². The monoisotopic (exact) mass is 924 g/mol. The van der Waals surface area contributed by atoms with Crippen LogP contribution in [-0.4, -0.2) is 28.4 Å². The maximum atomic E-state index is 10.4. The van der Waals surface area contributed by atoms with E-state index in [1.807, 2.05) is 194 Å². The summed E-state index contributed by atoms with van der Waals surface area (Å²) in [7, 11) is 6.54. The van der Waals surface area contributed by atoms with Crippen molar-refractivity contribution in [3.8, 4) is 68.2 Å². The van der Waals surface area contributed by atoms with E-state index in [1.165, 1.54) is 22.7 Å². The zero-order valence-corrected chi connectivity index (χ0v) is 38.9. The highest BCUT2D eigenvalue weighted by atomic mass is 32.1. The van der Waals surface area contributed by atoms with Crippen molar-refractivity contribution in [1.82, 2.24) is 0 Å². The van der Waals surface area contributed by atoms with Crippen LogP contribution in [0, 0.1) is 45.3 Å². The third-order valence-corrected chi connectivity index (χ3v) is 13.3. The number of hydrogen-bond donors (Lipinski definition) is 0. The third-order valence-electron chi connectivity index (χ3n) is 11.0. The number of nitrogens with zero attached hydrogens (tertiary/aromatic N) is 6. The number of allylic oxidation sites excluding steroid dienone is 4. The molecule has 0 aliphatic carbocycles. The van der Waals surface area contributed by atoms with Gasteiger partial charge in [0, 0.05) is 64.8 Å². The second kappa shape index (κ2) is 20.9. The van der Waals surface area contributed by atoms with Crippen molar-refractivity contribution >= 4 is 67.9 Å². The van der Waals surface area contributed by atoms with Gasteiger partial charge in [-0.2, -0.15) is 21.0 Å². The van der Waals surface area contributed by atoms with E-state index in [0.29, 0.717) is 9.75 Å². The predicted molar refractivity (Wildman–Crippen MR) is 271 cm³/mol. The van der Waals surface area contributed by atoms with Crippen molar-refractivity contribution in [1.29, 1.82) is 21.0 Å². The Morgan fingerprint density at radius 3 is 0.794 bits per heavy atom. The number of methoxy groups -OCH3 is 4. The molecule has 0 spiro atoms. The fraction of sp³-hybridized carbons (Fsp3) is 0.0714. The van der Waals surface area contributed by atoms with Crippen LogP contribution in [0.25, 0.3) is 32.0 Å². The first-order chi connectivity index (χ1) is 33.3. The molecule has 0 N–H and O–H groups in total. The first-order valence-corrected chi connectivity index (χ1v) is 22.6. The summed E-state index contributed by atoms with van der Waals surface area (Å²) in [6.45, 7) is 0. The average molecular weight is 925 g/mol. The van der Waals surface area contributed by atoms with Gasteiger partial charge in [-0.05, 0) is 157 Å². The number of anilines is 6. The fourth-order valence-electron chi connectivity index (χ4n) is 7.64. The molecular formula is C56H40N6O4S2. The lowest BCUT2D eigenvalue weighted by Crippen LogP contribution is -2.09. The van der Waals surface area contributed by atoms with Crippen LogP contribution in [0.3, 0.4) is 0 Å². The van der Waals surface area contributed by atoms with Crippen LogP contribution in [0.4, 0.5) is 34.1 Å². The summed E-state index contributed by atoms with van der Waals surface area (Å²) < 4.78 is 21.7. The molecule has 0 bridgehead atoms. The number of nitriles is 4. The summed E-state index contributed by atoms with van der Waals surface area (Å²) in [4.78, 5) is 7.10. The Balaban J connectivity index is 1.12. The molecule has 0 saturated carbocycles. The molecule has 0 aliphatic rings. The minimum absolute atomic E-state index is 0.210. The molecule has 68 heavy (non-hydrogen) atoms. The van der Waals surface area contributed by atoms with Crippen LogP contribution >= 0.6 is 22.7 Å². The van der Waals surface area contributed by atoms with E-state index in [1.54, 1.807) is 28.4 Å². The molecule has 8 rings (SSSR count). The maximum Gasteiger partial charge on any atom is 0.139 e. The average Bonchev–Trinajstić information content (AvgIpc) is 4.10. The Kier molecular flexibility index (Phi) is 14.0. The molecule has 8 aromatic rings. The molecule has 330 valence electrons. The second-order valence-corrected chi connectivity index (χ2v) is 17.0. The van der Waals surface area contributed by atoms with Gasteiger partial charge in [0.05, 0.1) is 28.4 Å². The molecule has 0 unspecified atom stereocenters. The van der Waals surface area contributed by atoms with Crippen LogP contribution in [0.1, 0.15) is 9.75 Å². The van der Waals surface area contributed by atoms with Crippen molar-refractivity contribution < 1.29 is 18.9 Å². The van der Waals surface area contributed by atoms with Gasteiger partial charge in [0.2, 0.25) is 0 Å². The van der Waals surface area contributed by atoms with E-state index >= 15 is 0 Å². The van der Waals surface area contributed by atoms with Crippen LogP contribution in [0.2, 0.25) is 0 Å². The lowest BCUT2D eigenvalue weighted by atomic mass is 9.94. The number of benzene rings is 6. The fourth-order valence-corrected chi connectivity index (χ4v) is 9.78. The van der Waals surface area contributed by atoms with Crippen LogP contribution in [0.15, 0.2) is 181 Å². The largest absolute Gasteiger partial charge is 0.497 e. The summed E-state index contributed by atoms with van der Waals surface area (Å²) >= 11 is 2.74. The Bertz CT molecular complexity index is 2940. The molecule has 10 nitrogen and oxygen atoms in total. The summed E-state index contributed by atoms with van der Waals surface area (Å²) in [6.07, 6.45) is 0. The molecular weight excluding hydrogens is 885 g/mol. The van der Waals surface area contributed by atoms with E-state index in [2.05, 4.69) is 9.80 Å². The van der Waals surface area contributed by atoms with Crippen molar-refractivity contribution in [3.63, 3.8) is 0 Å². The number of ether oxygens (including phenoxy) is 4. The van der Waals surface area contributed by atoms with E-state index in [-0.39, 0.29) is 22.3 Å². The van der Waals surface area contributed by atoms with Gasteiger partial charge >= 0.3 is 0 Å². The van der Waals surface area contributed by atoms with Crippen LogP contribution < -0.4 is 28.7 Å². The Hall–Kier alpha value is -9.04. The molecule has 2 heterocycles. The predicted octanol–water partition coefficient (Wildman–Crippen LogP) is 14.4. The Morgan fingerprint density at radius 1 is 0.338 bits per heavy atom. The Morgan fingerprint density at radius 2 is 0.574 bits per heavy atom. The summed E-state index contributed by atoms with van der Waals surface area (Å²) in [6, 6.07) is 63.2. The molecule has 0 atom stereocenters. The van der Waals surface area contributed by atoms with E-state index in [0.717, 1.165) is 78.0 Å². The normalized spacial score (nSPS) is 10.3. The zero-order valence-electron chi connectivity index (χ0n) is 37.3. The number of hydrogen-bond acceptors (Lipinski definition) is 12. The highest BCUT2D eigenvalue weighted by molar-refractivity contribution is 7.18. The van der Waals surface area contributed by atoms with E-state index in [9.17, 15) is 21.0 Å². The Labute approximate surface area is 403 Å². The molecule has 2 aromatic heterocycles. The third kappa shape index (κ3) is 9.51. The van der Waals surface area contributed by atoms with Crippen molar-refractivity contribution in [2.24, 2.45) is 0 Å². The van der Waals surface area contributed by atoms with Gasteiger partial charge in [-0.1, -0.05) is 24.3 Å². The summed E-state index contributed by atoms with van der Waals surface area (Å²) in [5, 5.41) is 41.4. The SMILES string of the molecule is COc1ccc(N(c2ccc(OC)cc2)c2ccc(-c3ccc(C(=C(C#N)C#N)C(=C(C#N)C#N)c4ccc(-c5ccc(N(c6ccc(OC)cc6)c6ccc(OC)cc6)cc5)s4)s3)cc2)cc1. The first kappa shape index (κ1) is 45.5. The van der Waals surface area contributed by atoms with Gasteiger partial charge in [-0.15, -0.1) is 22.7 Å². The van der Waals surface area contributed by atoms with Gasteiger partial charge in [-0.25, -0.2) is 0 Å². The lowest BCUT2D eigenvalue weighted by molar-refractivity contribution is 0.414. The number of rotatable bonds is 15. The molecule has 0 fully saturated rings. The quantitative estimate of drug-likeness (QED) is 0.0721. The molecule has 0 aliphatic heterocycles. The highest BCUT2D eigenvalue weighted by Gasteiger charge is 2.25. The van der Waals surface area contributed by atoms with Crippen molar-refractivity contribution in [2.45, 2.75) is 0 Å². The maximum absolute atomic E-state index is 10.4. The van der Waals surface area contributed by atoms with E-state index in [4.69, 9.17) is 18.9 Å². The molecule has 0 radical (unpaired) electrons. The molecule has 0 saturated heterocycles. The highest BCUT2D eigenvalue weighted by Crippen LogP contribution is 2.46. The summed E-state index contributed by atoms with van der Waals surface area (Å²) in [5.74, 6) is 2.98.